The van der Waals surface area contributed by atoms with Crippen LogP contribution in [-0.2, 0) is 29.3 Å². The maximum atomic E-state index is 12.8. The van der Waals surface area contributed by atoms with Crippen LogP contribution in [0, 0.1) is 0 Å². The predicted octanol–water partition coefficient (Wildman–Crippen LogP) is 4.27. The van der Waals surface area contributed by atoms with Gasteiger partial charge in [-0.1, -0.05) is 12.1 Å². The first-order chi connectivity index (χ1) is 13.9. The van der Waals surface area contributed by atoms with Gasteiger partial charge in [0, 0.05) is 6.54 Å². The van der Waals surface area contributed by atoms with E-state index in [0.717, 1.165) is 55.4 Å². The lowest BCUT2D eigenvalue weighted by Gasteiger charge is -2.19. The number of aryl methyl sites for hydroxylation is 3. The molecule has 0 unspecified atom stereocenters. The normalized spacial score (nSPS) is 13.9. The number of nitrogens with one attached hydrogen (secondary N) is 1. The summed E-state index contributed by atoms with van der Waals surface area (Å²) in [5.74, 6) is 1.28. The van der Waals surface area contributed by atoms with Crippen LogP contribution in [0.25, 0.3) is 0 Å². The Labute approximate surface area is 174 Å². The molecule has 0 heterocycles. The molecule has 0 saturated carbocycles. The summed E-state index contributed by atoms with van der Waals surface area (Å²) in [5, 5.41) is 0. The van der Waals surface area contributed by atoms with Gasteiger partial charge in [0.05, 0.1) is 13.2 Å². The third kappa shape index (κ3) is 5.73. The molecule has 1 aliphatic carbocycles. The average Bonchev–Trinajstić information content (AvgIpc) is 2.71. The summed E-state index contributed by atoms with van der Waals surface area (Å²) in [7, 11) is -2.08. The maximum Gasteiger partial charge on any atom is 0.244 e. The van der Waals surface area contributed by atoms with Crippen LogP contribution in [0.2, 0.25) is 0 Å². The molecule has 0 saturated heterocycles. The van der Waals surface area contributed by atoms with E-state index in [1.807, 2.05) is 44.2 Å². The van der Waals surface area contributed by atoms with Crippen LogP contribution < -0.4 is 14.2 Å². The summed E-state index contributed by atoms with van der Waals surface area (Å²) in [6, 6.07) is 11.7. The molecule has 0 radical (unpaired) electrons. The van der Waals surface area contributed by atoms with Crippen molar-refractivity contribution in [2.75, 3.05) is 13.7 Å². The molecule has 158 valence electrons. The highest BCUT2D eigenvalue weighted by molar-refractivity contribution is 7.89. The third-order valence-electron chi connectivity index (χ3n) is 5.15. The molecule has 0 spiro atoms. The molecule has 0 aliphatic heterocycles. The minimum atomic E-state index is -3.61. The number of ether oxygens (including phenoxy) is 2. The van der Waals surface area contributed by atoms with E-state index in [2.05, 4.69) is 4.72 Å². The number of rotatable bonds is 9. The molecule has 6 heteroatoms. The Morgan fingerprint density at radius 2 is 1.69 bits per heavy atom. The van der Waals surface area contributed by atoms with E-state index in [9.17, 15) is 8.42 Å². The van der Waals surface area contributed by atoms with Crippen LogP contribution >= 0.6 is 0 Å². The zero-order chi connectivity index (χ0) is 20.9. The molecule has 29 heavy (non-hydrogen) atoms. The second-order valence-electron chi connectivity index (χ2n) is 7.79. The zero-order valence-corrected chi connectivity index (χ0v) is 18.3. The van der Waals surface area contributed by atoms with E-state index >= 15 is 0 Å². The fourth-order valence-corrected chi connectivity index (χ4v) is 4.97. The molecule has 5 nitrogen and oxygen atoms in total. The smallest absolute Gasteiger partial charge is 0.244 e. The van der Waals surface area contributed by atoms with Crippen molar-refractivity contribution in [3.63, 3.8) is 0 Å². The second kappa shape index (κ2) is 9.63. The zero-order valence-electron chi connectivity index (χ0n) is 17.5. The monoisotopic (exact) mass is 417 g/mol. The highest BCUT2D eigenvalue weighted by atomic mass is 32.2. The highest BCUT2D eigenvalue weighted by Gasteiger charge is 2.22. The molecule has 0 atom stereocenters. The maximum absolute atomic E-state index is 12.8. The van der Waals surface area contributed by atoms with Crippen LogP contribution in [0.4, 0.5) is 0 Å². The Hall–Kier alpha value is -2.05. The lowest BCUT2D eigenvalue weighted by molar-refractivity contribution is 0.242. The molecule has 1 N–H and O–H groups in total. The number of hydrogen-bond acceptors (Lipinski definition) is 4. The van der Waals surface area contributed by atoms with Crippen LogP contribution in [0.15, 0.2) is 41.3 Å². The fraction of sp³-hybridized carbons (Fsp3) is 0.478. The minimum absolute atomic E-state index is 0.149. The van der Waals surface area contributed by atoms with Crippen molar-refractivity contribution in [3.05, 3.63) is 53.1 Å². The highest BCUT2D eigenvalue weighted by Crippen LogP contribution is 2.31. The van der Waals surface area contributed by atoms with Crippen LogP contribution in [0.1, 0.15) is 49.8 Å². The number of benzene rings is 2. The van der Waals surface area contributed by atoms with Crippen LogP contribution in [0.5, 0.6) is 11.5 Å². The van der Waals surface area contributed by atoms with E-state index in [1.165, 1.54) is 12.7 Å². The second-order valence-corrected chi connectivity index (χ2v) is 9.53. The molecule has 1 aliphatic rings. The molecule has 0 amide bonds. The van der Waals surface area contributed by atoms with E-state index < -0.39 is 10.0 Å². The summed E-state index contributed by atoms with van der Waals surface area (Å²) in [6.07, 6.45) is 5.83. The van der Waals surface area contributed by atoms with Gasteiger partial charge >= 0.3 is 0 Å². The Morgan fingerprint density at radius 1 is 1.03 bits per heavy atom. The van der Waals surface area contributed by atoms with Crippen molar-refractivity contribution in [3.8, 4) is 11.5 Å². The van der Waals surface area contributed by atoms with Crippen molar-refractivity contribution in [1.82, 2.24) is 4.72 Å². The van der Waals surface area contributed by atoms with Crippen molar-refractivity contribution in [2.45, 2.75) is 63.4 Å². The van der Waals surface area contributed by atoms with Crippen molar-refractivity contribution in [2.24, 2.45) is 0 Å². The Bertz CT molecular complexity index is 921. The summed E-state index contributed by atoms with van der Waals surface area (Å²) >= 11 is 0. The van der Waals surface area contributed by atoms with Gasteiger partial charge < -0.3 is 9.47 Å². The van der Waals surface area contributed by atoms with Gasteiger partial charge in [-0.3, -0.25) is 0 Å². The number of sulfonamides is 1. The average molecular weight is 418 g/mol. The first-order valence-corrected chi connectivity index (χ1v) is 11.8. The molecule has 0 bridgehead atoms. The lowest BCUT2D eigenvalue weighted by Crippen LogP contribution is -2.26. The van der Waals surface area contributed by atoms with Crippen molar-refractivity contribution < 1.29 is 17.9 Å². The standard InChI is InChI=1S/C23H31NO4S/c1-17(2)28-21-12-10-18(11-13-21)7-6-14-24-29(25,26)23-16-20-9-5-4-8-19(20)15-22(23)27-3/h10-13,15-17,24H,4-9,14H2,1-3H3. The summed E-state index contributed by atoms with van der Waals surface area (Å²) < 4.78 is 39.5. The summed E-state index contributed by atoms with van der Waals surface area (Å²) in [4.78, 5) is 0.246. The molecular formula is C23H31NO4S. The Kier molecular flexibility index (Phi) is 7.19. The third-order valence-corrected chi connectivity index (χ3v) is 6.63. The topological polar surface area (TPSA) is 64.6 Å². The molecular weight excluding hydrogens is 386 g/mol. The molecule has 0 aromatic heterocycles. The fourth-order valence-electron chi connectivity index (χ4n) is 3.69. The van der Waals surface area contributed by atoms with Crippen molar-refractivity contribution >= 4 is 10.0 Å². The first-order valence-electron chi connectivity index (χ1n) is 10.3. The summed E-state index contributed by atoms with van der Waals surface area (Å²) in [6.45, 7) is 4.38. The first kappa shape index (κ1) is 21.7. The summed E-state index contributed by atoms with van der Waals surface area (Å²) in [5.41, 5.74) is 3.49. The number of methoxy groups -OCH3 is 1. The van der Waals surface area contributed by atoms with Gasteiger partial charge in [-0.25, -0.2) is 13.1 Å². The largest absolute Gasteiger partial charge is 0.495 e. The van der Waals surface area contributed by atoms with Gasteiger partial charge in [-0.15, -0.1) is 0 Å². The molecule has 2 aromatic carbocycles. The SMILES string of the molecule is COc1cc2c(cc1S(=O)(=O)NCCCc1ccc(OC(C)C)cc1)CCCC2. The van der Waals surface area contributed by atoms with E-state index in [4.69, 9.17) is 9.47 Å². The van der Waals surface area contributed by atoms with Crippen LogP contribution in [-0.4, -0.2) is 28.2 Å². The molecule has 0 fully saturated rings. The Morgan fingerprint density at radius 3 is 2.31 bits per heavy atom. The van der Waals surface area contributed by atoms with E-state index in [-0.39, 0.29) is 11.0 Å². The van der Waals surface area contributed by atoms with Gasteiger partial charge in [-0.2, -0.15) is 0 Å². The predicted molar refractivity (Wildman–Crippen MR) is 115 cm³/mol. The van der Waals surface area contributed by atoms with Gasteiger partial charge in [0.15, 0.2) is 0 Å². The quantitative estimate of drug-likeness (QED) is 0.619. The van der Waals surface area contributed by atoms with Gasteiger partial charge in [-0.05, 0) is 93.3 Å². The van der Waals surface area contributed by atoms with Crippen LogP contribution in [0.3, 0.4) is 0 Å². The number of fused-ring (bicyclic) bond motifs is 1. The lowest BCUT2D eigenvalue weighted by atomic mass is 9.92. The van der Waals surface area contributed by atoms with E-state index in [1.54, 1.807) is 6.07 Å². The Balaban J connectivity index is 1.59. The van der Waals surface area contributed by atoms with Gasteiger partial charge in [0.25, 0.3) is 0 Å². The number of hydrogen-bond donors (Lipinski definition) is 1. The van der Waals surface area contributed by atoms with Gasteiger partial charge in [0.2, 0.25) is 10.0 Å². The van der Waals surface area contributed by atoms with E-state index in [0.29, 0.717) is 12.3 Å². The minimum Gasteiger partial charge on any atom is -0.495 e. The van der Waals surface area contributed by atoms with Gasteiger partial charge in [0.1, 0.15) is 16.4 Å². The van der Waals surface area contributed by atoms with Crippen molar-refractivity contribution in [1.29, 1.82) is 0 Å². The molecule has 3 rings (SSSR count). The molecule has 2 aromatic rings.